The Kier molecular flexibility index (Phi) is 4.66. The van der Waals surface area contributed by atoms with Crippen LogP contribution >= 0.6 is 0 Å². The molecule has 1 aromatic carbocycles. The van der Waals surface area contributed by atoms with Gasteiger partial charge in [0.1, 0.15) is 13.2 Å². The Balaban J connectivity index is 1.38. The van der Waals surface area contributed by atoms with Crippen molar-refractivity contribution in [1.29, 1.82) is 0 Å². The molecule has 140 valence electrons. The van der Waals surface area contributed by atoms with Crippen molar-refractivity contribution >= 4 is 22.6 Å². The van der Waals surface area contributed by atoms with Gasteiger partial charge in [-0.15, -0.1) is 0 Å². The Morgan fingerprint density at radius 1 is 1.19 bits per heavy atom. The van der Waals surface area contributed by atoms with Crippen LogP contribution in [0.15, 0.2) is 36.7 Å². The Labute approximate surface area is 157 Å². The smallest absolute Gasteiger partial charge is 0.224 e. The van der Waals surface area contributed by atoms with E-state index in [9.17, 15) is 4.79 Å². The van der Waals surface area contributed by atoms with Crippen molar-refractivity contribution in [1.82, 2.24) is 14.8 Å². The van der Waals surface area contributed by atoms with Crippen LogP contribution in [-0.2, 0) is 11.2 Å². The molecule has 2 aromatic heterocycles. The summed E-state index contributed by atoms with van der Waals surface area (Å²) in [5.74, 6) is 1.45. The molecule has 0 radical (unpaired) electrons. The summed E-state index contributed by atoms with van der Waals surface area (Å²) in [6.45, 7) is 5.24. The Morgan fingerprint density at radius 3 is 2.81 bits per heavy atom. The van der Waals surface area contributed by atoms with E-state index in [-0.39, 0.29) is 11.9 Å². The normalized spacial score (nSPS) is 13.1. The summed E-state index contributed by atoms with van der Waals surface area (Å²) in [6, 6.07) is 7.94. The second-order valence-electron chi connectivity index (χ2n) is 6.85. The van der Waals surface area contributed by atoms with Gasteiger partial charge in [-0.2, -0.15) is 5.10 Å². The number of rotatable bonds is 5. The fourth-order valence-corrected chi connectivity index (χ4v) is 3.11. The molecule has 27 heavy (non-hydrogen) atoms. The third-order valence-electron chi connectivity index (χ3n) is 4.45. The van der Waals surface area contributed by atoms with E-state index >= 15 is 0 Å². The number of pyridine rings is 1. The highest BCUT2D eigenvalue weighted by molar-refractivity contribution is 5.92. The van der Waals surface area contributed by atoms with Crippen LogP contribution in [0.4, 0.5) is 5.69 Å². The predicted molar refractivity (Wildman–Crippen MR) is 102 cm³/mol. The lowest BCUT2D eigenvalue weighted by Gasteiger charge is -2.18. The molecule has 0 unspecified atom stereocenters. The SMILES string of the molecule is CC(C)n1ncc2cc(NC(=O)CCc3ccc4c(c3)OCCO4)cnc21. The highest BCUT2D eigenvalue weighted by Crippen LogP contribution is 2.31. The number of aromatic nitrogens is 3. The van der Waals surface area contributed by atoms with Gasteiger partial charge < -0.3 is 14.8 Å². The number of amides is 1. The first-order valence-electron chi connectivity index (χ1n) is 9.12. The minimum Gasteiger partial charge on any atom is -0.486 e. The topological polar surface area (TPSA) is 78.3 Å². The van der Waals surface area contributed by atoms with Gasteiger partial charge in [0.15, 0.2) is 17.1 Å². The van der Waals surface area contributed by atoms with Gasteiger partial charge in [-0.3, -0.25) is 4.79 Å². The molecule has 3 heterocycles. The van der Waals surface area contributed by atoms with E-state index in [0.717, 1.165) is 28.1 Å². The van der Waals surface area contributed by atoms with Gasteiger partial charge >= 0.3 is 0 Å². The fraction of sp³-hybridized carbons (Fsp3) is 0.350. The lowest BCUT2D eigenvalue weighted by atomic mass is 10.1. The molecule has 4 rings (SSSR count). The standard InChI is InChI=1S/C20H22N4O3/c1-13(2)24-20-15(11-22-24)10-16(12-21-20)23-19(25)6-4-14-3-5-17-18(9-14)27-8-7-26-17/h3,5,9-13H,4,6-8H2,1-2H3,(H,23,25). The minimum absolute atomic E-state index is 0.0534. The number of fused-ring (bicyclic) bond motifs is 2. The van der Waals surface area contributed by atoms with Gasteiger partial charge in [0, 0.05) is 17.8 Å². The maximum atomic E-state index is 12.3. The average Bonchev–Trinajstić information content (AvgIpc) is 3.10. The molecule has 0 fully saturated rings. The van der Waals surface area contributed by atoms with Crippen LogP contribution in [0.25, 0.3) is 11.0 Å². The van der Waals surface area contributed by atoms with Gasteiger partial charge in [0.25, 0.3) is 0 Å². The molecule has 0 atom stereocenters. The average molecular weight is 366 g/mol. The highest BCUT2D eigenvalue weighted by atomic mass is 16.6. The van der Waals surface area contributed by atoms with E-state index < -0.39 is 0 Å². The van der Waals surface area contributed by atoms with Crippen molar-refractivity contribution in [2.24, 2.45) is 0 Å². The van der Waals surface area contributed by atoms with Crippen LogP contribution in [0.2, 0.25) is 0 Å². The van der Waals surface area contributed by atoms with E-state index in [1.54, 1.807) is 12.4 Å². The van der Waals surface area contributed by atoms with Crippen LogP contribution in [0.3, 0.4) is 0 Å². The van der Waals surface area contributed by atoms with E-state index in [4.69, 9.17) is 9.47 Å². The Morgan fingerprint density at radius 2 is 2.00 bits per heavy atom. The number of nitrogens with zero attached hydrogens (tertiary/aromatic N) is 3. The van der Waals surface area contributed by atoms with Crippen LogP contribution < -0.4 is 14.8 Å². The van der Waals surface area contributed by atoms with Gasteiger partial charge in [-0.1, -0.05) is 6.07 Å². The lowest BCUT2D eigenvalue weighted by Crippen LogP contribution is -2.16. The van der Waals surface area contributed by atoms with Gasteiger partial charge in [-0.25, -0.2) is 9.67 Å². The first-order chi connectivity index (χ1) is 13.1. The van der Waals surface area contributed by atoms with Crippen molar-refractivity contribution in [3.8, 4) is 11.5 Å². The summed E-state index contributed by atoms with van der Waals surface area (Å²) in [7, 11) is 0. The summed E-state index contributed by atoms with van der Waals surface area (Å²) < 4.78 is 13.0. The molecule has 3 aromatic rings. The third-order valence-corrected chi connectivity index (χ3v) is 4.45. The molecule has 1 amide bonds. The number of aryl methyl sites for hydroxylation is 1. The summed E-state index contributed by atoms with van der Waals surface area (Å²) in [5.41, 5.74) is 2.54. The van der Waals surface area contributed by atoms with E-state index in [1.807, 2.05) is 28.9 Å². The van der Waals surface area contributed by atoms with Crippen LogP contribution in [0.5, 0.6) is 11.5 Å². The van der Waals surface area contributed by atoms with Crippen molar-refractivity contribution in [2.75, 3.05) is 18.5 Å². The van der Waals surface area contributed by atoms with Crippen molar-refractivity contribution in [3.63, 3.8) is 0 Å². The molecular formula is C20H22N4O3. The maximum Gasteiger partial charge on any atom is 0.224 e. The van der Waals surface area contributed by atoms with E-state index in [2.05, 4.69) is 29.2 Å². The van der Waals surface area contributed by atoms with Gasteiger partial charge in [0.05, 0.1) is 18.1 Å². The second kappa shape index (κ2) is 7.26. The largest absolute Gasteiger partial charge is 0.486 e. The van der Waals surface area contributed by atoms with Crippen molar-refractivity contribution in [2.45, 2.75) is 32.7 Å². The first kappa shape index (κ1) is 17.3. The predicted octanol–water partition coefficient (Wildman–Crippen LogP) is 3.35. The Bertz CT molecular complexity index is 981. The maximum absolute atomic E-state index is 12.3. The Hall–Kier alpha value is -3.09. The molecular weight excluding hydrogens is 344 g/mol. The van der Waals surface area contributed by atoms with Crippen LogP contribution in [0, 0.1) is 0 Å². The zero-order valence-corrected chi connectivity index (χ0v) is 15.4. The number of hydrogen-bond acceptors (Lipinski definition) is 5. The first-order valence-corrected chi connectivity index (χ1v) is 9.12. The number of hydrogen-bond donors (Lipinski definition) is 1. The molecule has 1 aliphatic heterocycles. The number of carbonyl (C=O) groups is 1. The fourth-order valence-electron chi connectivity index (χ4n) is 3.11. The highest BCUT2D eigenvalue weighted by Gasteiger charge is 2.13. The lowest BCUT2D eigenvalue weighted by molar-refractivity contribution is -0.116. The summed E-state index contributed by atoms with van der Waals surface area (Å²) in [5, 5.41) is 8.17. The zero-order valence-electron chi connectivity index (χ0n) is 15.4. The summed E-state index contributed by atoms with van der Waals surface area (Å²) >= 11 is 0. The monoisotopic (exact) mass is 366 g/mol. The molecule has 1 aliphatic rings. The number of ether oxygens (including phenoxy) is 2. The minimum atomic E-state index is -0.0534. The molecule has 0 bridgehead atoms. The quantitative estimate of drug-likeness (QED) is 0.749. The molecule has 1 N–H and O–H groups in total. The number of benzene rings is 1. The molecule has 7 heteroatoms. The second-order valence-corrected chi connectivity index (χ2v) is 6.85. The van der Waals surface area contributed by atoms with Crippen LogP contribution in [-0.4, -0.2) is 33.9 Å². The molecule has 0 saturated carbocycles. The number of carbonyl (C=O) groups excluding carboxylic acids is 1. The molecule has 7 nitrogen and oxygen atoms in total. The van der Waals surface area contributed by atoms with Gasteiger partial charge in [0.2, 0.25) is 5.91 Å². The van der Waals surface area contributed by atoms with E-state index in [0.29, 0.717) is 31.7 Å². The third kappa shape index (κ3) is 3.72. The molecule has 0 saturated heterocycles. The van der Waals surface area contributed by atoms with E-state index in [1.165, 1.54) is 0 Å². The van der Waals surface area contributed by atoms with Crippen molar-refractivity contribution < 1.29 is 14.3 Å². The summed E-state index contributed by atoms with van der Waals surface area (Å²) in [4.78, 5) is 16.7. The summed E-state index contributed by atoms with van der Waals surface area (Å²) in [6.07, 6.45) is 4.45. The molecule has 0 aliphatic carbocycles. The molecule has 0 spiro atoms. The number of nitrogens with one attached hydrogen (secondary N) is 1. The van der Waals surface area contributed by atoms with Crippen LogP contribution in [0.1, 0.15) is 31.9 Å². The zero-order chi connectivity index (χ0) is 18.8. The van der Waals surface area contributed by atoms with Crippen molar-refractivity contribution in [3.05, 3.63) is 42.2 Å². The number of anilines is 1. The van der Waals surface area contributed by atoms with Gasteiger partial charge in [-0.05, 0) is 44.0 Å².